The van der Waals surface area contributed by atoms with Gasteiger partial charge in [-0.2, -0.15) is 0 Å². The topological polar surface area (TPSA) is 64.8 Å². The van der Waals surface area contributed by atoms with Crippen molar-refractivity contribution in [2.24, 2.45) is 5.73 Å². The van der Waals surface area contributed by atoms with E-state index in [0.717, 1.165) is 5.56 Å². The minimum atomic E-state index is -0.433. The van der Waals surface area contributed by atoms with E-state index in [1.54, 1.807) is 18.2 Å². The molecular weight excluding hydrogens is 351 g/mol. The van der Waals surface area contributed by atoms with Gasteiger partial charge in [0, 0.05) is 12.2 Å². The predicted octanol–water partition coefficient (Wildman–Crippen LogP) is 3.86. The zero-order valence-electron chi connectivity index (χ0n) is 12.7. The third-order valence-corrected chi connectivity index (χ3v) is 4.40. The molecule has 1 aliphatic heterocycles. The molecule has 7 heteroatoms. The highest BCUT2D eigenvalue weighted by Gasteiger charge is 2.33. The van der Waals surface area contributed by atoms with Crippen molar-refractivity contribution in [1.29, 1.82) is 0 Å². The maximum absolute atomic E-state index is 12.0. The number of rotatable bonds is 5. The summed E-state index contributed by atoms with van der Waals surface area (Å²) in [6, 6.07) is 12.5. The molecule has 5 nitrogen and oxygen atoms in total. The highest BCUT2D eigenvalue weighted by Crippen LogP contribution is 2.29. The number of hydrogen-bond acceptors (Lipinski definition) is 4. The molecule has 1 fully saturated rings. The molecule has 126 valence electrons. The smallest absolute Gasteiger partial charge is 0.414 e. The molecule has 1 heterocycles. The Hall–Kier alpha value is -1.95. The number of benzene rings is 2. The molecule has 2 aromatic rings. The summed E-state index contributed by atoms with van der Waals surface area (Å²) in [5, 5.41) is 0.827. The average molecular weight is 367 g/mol. The molecule has 1 unspecified atom stereocenters. The van der Waals surface area contributed by atoms with Gasteiger partial charge in [0.05, 0.1) is 16.6 Å². The van der Waals surface area contributed by atoms with E-state index in [2.05, 4.69) is 0 Å². The van der Waals surface area contributed by atoms with Gasteiger partial charge in [-0.3, -0.25) is 4.90 Å². The quantitative estimate of drug-likeness (QED) is 0.872. The fourth-order valence-corrected chi connectivity index (χ4v) is 2.72. The van der Waals surface area contributed by atoms with Crippen molar-refractivity contribution in [2.75, 3.05) is 18.1 Å². The Morgan fingerprint density at radius 2 is 2.04 bits per heavy atom. The van der Waals surface area contributed by atoms with E-state index in [4.69, 9.17) is 38.4 Å². The third-order valence-electron chi connectivity index (χ3n) is 3.66. The number of hydrogen-bond donors (Lipinski definition) is 1. The van der Waals surface area contributed by atoms with Crippen LogP contribution in [-0.2, 0) is 11.3 Å². The first-order valence-corrected chi connectivity index (χ1v) is 8.17. The summed E-state index contributed by atoms with van der Waals surface area (Å²) in [5.74, 6) is 0.696. The van der Waals surface area contributed by atoms with Gasteiger partial charge in [0.2, 0.25) is 0 Å². The minimum absolute atomic E-state index is 0.261. The first kappa shape index (κ1) is 16.9. The van der Waals surface area contributed by atoms with Crippen LogP contribution in [0, 0.1) is 0 Å². The second-order valence-electron chi connectivity index (χ2n) is 5.38. The summed E-state index contributed by atoms with van der Waals surface area (Å²) in [7, 11) is 0. The van der Waals surface area contributed by atoms with Crippen molar-refractivity contribution in [2.45, 2.75) is 12.6 Å². The Morgan fingerprint density at radius 3 is 2.79 bits per heavy atom. The van der Waals surface area contributed by atoms with E-state index in [1.165, 1.54) is 4.90 Å². The number of carbonyl (C=O) groups excluding carboxylic acids is 1. The van der Waals surface area contributed by atoms with Gasteiger partial charge in [0.1, 0.15) is 12.4 Å². The van der Waals surface area contributed by atoms with Gasteiger partial charge >= 0.3 is 6.09 Å². The minimum Gasteiger partial charge on any atom is -0.490 e. The summed E-state index contributed by atoms with van der Waals surface area (Å²) in [6.07, 6.45) is -0.800. The van der Waals surface area contributed by atoms with E-state index < -0.39 is 6.09 Å². The monoisotopic (exact) mass is 366 g/mol. The molecule has 0 bridgehead atoms. The Labute approximate surface area is 149 Å². The molecule has 0 radical (unpaired) electrons. The van der Waals surface area contributed by atoms with Gasteiger partial charge < -0.3 is 15.2 Å². The zero-order chi connectivity index (χ0) is 17.1. The normalized spacial score (nSPS) is 17.0. The second kappa shape index (κ2) is 7.30. The van der Waals surface area contributed by atoms with Crippen LogP contribution in [0.5, 0.6) is 5.75 Å². The summed E-state index contributed by atoms with van der Waals surface area (Å²) >= 11 is 11.9. The largest absolute Gasteiger partial charge is 0.490 e. The fourth-order valence-electron chi connectivity index (χ4n) is 2.42. The van der Waals surface area contributed by atoms with Crippen LogP contribution in [0.15, 0.2) is 42.5 Å². The molecule has 0 spiro atoms. The number of ether oxygens (including phenoxy) is 2. The maximum atomic E-state index is 12.0. The SMILES string of the molecule is NCc1cccc(OCC2CN(c3ccc(Cl)c(Cl)c3)C(=O)O2)c1. The average Bonchev–Trinajstić information content (AvgIpc) is 2.96. The summed E-state index contributed by atoms with van der Waals surface area (Å²) < 4.78 is 11.0. The van der Waals surface area contributed by atoms with Gasteiger partial charge in [0.15, 0.2) is 6.10 Å². The predicted molar refractivity (Wildman–Crippen MR) is 93.9 cm³/mol. The standard InChI is InChI=1S/C17H16Cl2N2O3/c18-15-5-4-12(7-16(15)19)21-9-14(24-17(21)22)10-23-13-3-1-2-11(6-13)8-20/h1-7,14H,8-10,20H2. The van der Waals surface area contributed by atoms with E-state index in [9.17, 15) is 4.79 Å². The Balaban J connectivity index is 1.63. The first-order valence-electron chi connectivity index (χ1n) is 7.42. The molecule has 0 aliphatic carbocycles. The van der Waals surface area contributed by atoms with Gasteiger partial charge in [0.25, 0.3) is 0 Å². The summed E-state index contributed by atoms with van der Waals surface area (Å²) in [5.41, 5.74) is 7.23. The van der Waals surface area contributed by atoms with Crippen LogP contribution in [-0.4, -0.2) is 25.3 Å². The molecular formula is C17H16Cl2N2O3. The van der Waals surface area contributed by atoms with Crippen molar-refractivity contribution in [3.63, 3.8) is 0 Å². The summed E-state index contributed by atoms with van der Waals surface area (Å²) in [6.45, 7) is 1.09. The van der Waals surface area contributed by atoms with Crippen LogP contribution >= 0.6 is 23.2 Å². The van der Waals surface area contributed by atoms with Gasteiger partial charge in [-0.1, -0.05) is 35.3 Å². The highest BCUT2D eigenvalue weighted by molar-refractivity contribution is 6.42. The van der Waals surface area contributed by atoms with Gasteiger partial charge in [-0.25, -0.2) is 4.79 Å². The molecule has 3 rings (SSSR count). The van der Waals surface area contributed by atoms with Crippen LogP contribution in [0.4, 0.5) is 10.5 Å². The van der Waals surface area contributed by atoms with E-state index in [1.807, 2.05) is 24.3 Å². The zero-order valence-corrected chi connectivity index (χ0v) is 14.3. The summed E-state index contributed by atoms with van der Waals surface area (Å²) in [4.78, 5) is 13.6. The first-order chi connectivity index (χ1) is 11.6. The van der Waals surface area contributed by atoms with Crippen molar-refractivity contribution in [3.8, 4) is 5.75 Å². The van der Waals surface area contributed by atoms with E-state index in [-0.39, 0.29) is 12.7 Å². The lowest BCUT2D eigenvalue weighted by molar-refractivity contribution is 0.105. The van der Waals surface area contributed by atoms with E-state index in [0.29, 0.717) is 34.6 Å². The second-order valence-corrected chi connectivity index (χ2v) is 6.19. The highest BCUT2D eigenvalue weighted by atomic mass is 35.5. The van der Waals surface area contributed by atoms with Crippen LogP contribution < -0.4 is 15.4 Å². The molecule has 1 atom stereocenters. The lowest BCUT2D eigenvalue weighted by atomic mass is 10.2. The number of nitrogens with two attached hydrogens (primary N) is 1. The Morgan fingerprint density at radius 1 is 1.21 bits per heavy atom. The van der Waals surface area contributed by atoms with Gasteiger partial charge in [-0.15, -0.1) is 0 Å². The van der Waals surface area contributed by atoms with Crippen molar-refractivity contribution in [3.05, 3.63) is 58.1 Å². The number of carbonyl (C=O) groups is 1. The molecule has 1 saturated heterocycles. The van der Waals surface area contributed by atoms with Gasteiger partial charge in [-0.05, 0) is 35.9 Å². The molecule has 1 amide bonds. The lowest BCUT2D eigenvalue weighted by Gasteiger charge is -2.14. The van der Waals surface area contributed by atoms with Crippen molar-refractivity contribution < 1.29 is 14.3 Å². The Kier molecular flexibility index (Phi) is 5.14. The number of cyclic esters (lactones) is 1. The molecule has 24 heavy (non-hydrogen) atoms. The van der Waals surface area contributed by atoms with Crippen LogP contribution in [0.25, 0.3) is 0 Å². The van der Waals surface area contributed by atoms with E-state index >= 15 is 0 Å². The number of anilines is 1. The fraction of sp³-hybridized carbons (Fsp3) is 0.235. The Bertz CT molecular complexity index is 754. The van der Waals surface area contributed by atoms with Crippen LogP contribution in [0.3, 0.4) is 0 Å². The molecule has 1 aliphatic rings. The molecule has 2 aromatic carbocycles. The van der Waals surface area contributed by atoms with Crippen molar-refractivity contribution in [1.82, 2.24) is 0 Å². The van der Waals surface area contributed by atoms with Crippen LogP contribution in [0.1, 0.15) is 5.56 Å². The molecule has 0 aromatic heterocycles. The molecule has 0 saturated carbocycles. The maximum Gasteiger partial charge on any atom is 0.414 e. The van der Waals surface area contributed by atoms with Crippen LogP contribution in [0.2, 0.25) is 10.0 Å². The lowest BCUT2D eigenvalue weighted by Crippen LogP contribution is -2.26. The third kappa shape index (κ3) is 3.75. The molecule has 2 N–H and O–H groups in total. The number of amides is 1. The van der Waals surface area contributed by atoms with Crippen molar-refractivity contribution >= 4 is 35.0 Å². The number of halogens is 2. The number of nitrogens with zero attached hydrogens (tertiary/aromatic N) is 1.